The summed E-state index contributed by atoms with van der Waals surface area (Å²) in [5.41, 5.74) is 8.83. The number of fused-ring (bicyclic) bond motifs is 3. The molecule has 390 valence electrons. The SMILES string of the molecule is Cc1sc2c(=O)[nH]c(-c3nccn3C)nc2c1-c1ccc(F)cc1F.Cn1ccnc1-c1nc2c(-c3ccc(C(C)(C)C)cc3)csc2c(=O)[nH]1.Cn1ccnc1-c1nc2c(-c3ccc(C(C)(C)C)cc3)csc2c(=O)[nH]1. The molecule has 3 N–H and O–H groups in total. The van der Waals surface area contributed by atoms with Gasteiger partial charge >= 0.3 is 0 Å². The van der Waals surface area contributed by atoms with Crippen LogP contribution in [0.25, 0.3) is 99.0 Å². The van der Waals surface area contributed by atoms with Crippen LogP contribution in [0.5, 0.6) is 0 Å². The molecule has 77 heavy (non-hydrogen) atoms. The number of aromatic nitrogens is 12. The monoisotopic (exact) mass is 1090 g/mol. The number of rotatable bonds is 6. The van der Waals surface area contributed by atoms with Gasteiger partial charge in [0.1, 0.15) is 25.7 Å². The lowest BCUT2D eigenvalue weighted by Crippen LogP contribution is -2.10. The van der Waals surface area contributed by atoms with Gasteiger partial charge in [0.25, 0.3) is 16.7 Å². The van der Waals surface area contributed by atoms with E-state index in [9.17, 15) is 23.2 Å². The third kappa shape index (κ3) is 10.3. The molecule has 0 fully saturated rings. The number of H-pyrrole nitrogens is 3. The predicted molar refractivity (Wildman–Crippen MR) is 306 cm³/mol. The van der Waals surface area contributed by atoms with E-state index in [2.05, 4.69) is 125 Å². The van der Waals surface area contributed by atoms with E-state index < -0.39 is 11.6 Å². The third-order valence-electron chi connectivity index (χ3n) is 13.0. The van der Waals surface area contributed by atoms with Crippen LogP contribution in [0.3, 0.4) is 0 Å². The van der Waals surface area contributed by atoms with Crippen LogP contribution in [0.15, 0.2) is 129 Å². The van der Waals surface area contributed by atoms with E-state index in [4.69, 9.17) is 9.97 Å². The van der Waals surface area contributed by atoms with Crippen molar-refractivity contribution in [1.29, 1.82) is 0 Å². The Hall–Kier alpha value is -8.33. The van der Waals surface area contributed by atoms with E-state index >= 15 is 0 Å². The molecule has 0 aliphatic carbocycles. The smallest absolute Gasteiger partial charge is 0.269 e. The van der Waals surface area contributed by atoms with Crippen molar-refractivity contribution < 1.29 is 8.78 Å². The zero-order valence-electron chi connectivity index (χ0n) is 43.7. The van der Waals surface area contributed by atoms with E-state index in [0.717, 1.165) is 44.2 Å². The van der Waals surface area contributed by atoms with E-state index in [1.165, 1.54) is 57.3 Å². The van der Waals surface area contributed by atoms with E-state index in [1.54, 1.807) is 43.3 Å². The first-order valence-corrected chi connectivity index (χ1v) is 26.9. The minimum Gasteiger partial charge on any atom is -0.331 e. The Labute approximate surface area is 451 Å². The quantitative estimate of drug-likeness (QED) is 0.145. The van der Waals surface area contributed by atoms with Gasteiger partial charge in [-0.3, -0.25) is 14.4 Å². The lowest BCUT2D eigenvalue weighted by molar-refractivity contribution is 0.585. The maximum atomic E-state index is 14.3. The van der Waals surface area contributed by atoms with E-state index in [1.807, 2.05) is 46.4 Å². The van der Waals surface area contributed by atoms with Gasteiger partial charge in [0.15, 0.2) is 34.9 Å². The van der Waals surface area contributed by atoms with Crippen LogP contribution in [0, 0.1) is 18.6 Å². The molecule has 0 amide bonds. The van der Waals surface area contributed by atoms with Gasteiger partial charge in [-0.15, -0.1) is 34.0 Å². The highest BCUT2D eigenvalue weighted by molar-refractivity contribution is 7.19. The van der Waals surface area contributed by atoms with Gasteiger partial charge in [0.05, 0.1) is 16.6 Å². The van der Waals surface area contributed by atoms with Crippen LogP contribution in [0.2, 0.25) is 0 Å². The highest BCUT2D eigenvalue weighted by Gasteiger charge is 2.22. The third-order valence-corrected chi connectivity index (χ3v) is 16.0. The molecule has 0 unspecified atom stereocenters. The molecule has 9 heterocycles. The molecule has 0 radical (unpaired) electrons. The zero-order chi connectivity index (χ0) is 54.7. The van der Waals surface area contributed by atoms with Gasteiger partial charge in [0.2, 0.25) is 0 Å². The Kier molecular flexibility index (Phi) is 13.8. The number of aryl methyl sites for hydroxylation is 4. The van der Waals surface area contributed by atoms with Crippen LogP contribution in [0.4, 0.5) is 8.78 Å². The highest BCUT2D eigenvalue weighted by Crippen LogP contribution is 2.39. The van der Waals surface area contributed by atoms with Crippen LogP contribution in [-0.2, 0) is 32.0 Å². The van der Waals surface area contributed by atoms with Crippen molar-refractivity contribution in [3.63, 3.8) is 0 Å². The standard InChI is InChI=1S/2C20H20N4OS.C17H12F2N4OS/c2*1-20(2,3)13-7-5-12(6-8-13)14-11-26-16-15(14)22-17(23-19(16)25)18-21-9-10-24(18)4;1-8-12(10-4-3-9(18)7-11(10)19)13-14(25-8)17(24)22-15(21-13)16-20-5-6-23(16)2/h2*5-11H,1-4H3,(H,22,23,25);3-7H,1-2H3,(H,21,22,24). The average molecular weight is 1090 g/mol. The molecule has 0 bridgehead atoms. The maximum Gasteiger partial charge on any atom is 0.269 e. The number of imidazole rings is 3. The molecule has 12 aromatic rings. The highest BCUT2D eigenvalue weighted by atomic mass is 32.1. The van der Waals surface area contributed by atoms with E-state index in [0.29, 0.717) is 60.1 Å². The second-order valence-corrected chi connectivity index (χ2v) is 23.5. The predicted octanol–water partition coefficient (Wildman–Crippen LogP) is 12.3. The van der Waals surface area contributed by atoms with Crippen LogP contribution in [-0.4, -0.2) is 58.6 Å². The maximum absolute atomic E-state index is 14.3. The van der Waals surface area contributed by atoms with Gasteiger partial charge in [0, 0.05) is 102 Å². The topological polar surface area (TPSA) is 191 Å². The van der Waals surface area contributed by atoms with Gasteiger partial charge in [-0.25, -0.2) is 38.7 Å². The fourth-order valence-electron chi connectivity index (χ4n) is 8.77. The number of halogens is 2. The van der Waals surface area contributed by atoms with Crippen molar-refractivity contribution in [3.05, 3.63) is 173 Å². The Balaban J connectivity index is 0.000000131. The Morgan fingerprint density at radius 3 is 1.26 bits per heavy atom. The first-order valence-electron chi connectivity index (χ1n) is 24.3. The summed E-state index contributed by atoms with van der Waals surface area (Å²) in [4.78, 5) is 73.4. The van der Waals surface area contributed by atoms with Crippen molar-refractivity contribution in [2.45, 2.75) is 59.3 Å². The van der Waals surface area contributed by atoms with Crippen LogP contribution < -0.4 is 16.7 Å². The molecule has 3 aromatic carbocycles. The van der Waals surface area contributed by atoms with Crippen molar-refractivity contribution in [2.24, 2.45) is 21.1 Å². The molecule has 0 saturated carbocycles. The summed E-state index contributed by atoms with van der Waals surface area (Å²) in [7, 11) is 5.55. The number of nitrogens with zero attached hydrogens (tertiary/aromatic N) is 9. The lowest BCUT2D eigenvalue weighted by Gasteiger charge is -2.19. The normalized spacial score (nSPS) is 11.8. The lowest BCUT2D eigenvalue weighted by atomic mass is 9.86. The summed E-state index contributed by atoms with van der Waals surface area (Å²) in [6.07, 6.45) is 10.4. The number of aromatic amines is 3. The summed E-state index contributed by atoms with van der Waals surface area (Å²) in [5.74, 6) is 1.71. The summed E-state index contributed by atoms with van der Waals surface area (Å²) in [6, 6.07) is 20.4. The van der Waals surface area contributed by atoms with Gasteiger partial charge in [-0.05, 0) is 52.1 Å². The Morgan fingerprint density at radius 2 is 0.896 bits per heavy atom. The largest absolute Gasteiger partial charge is 0.331 e. The summed E-state index contributed by atoms with van der Waals surface area (Å²) >= 11 is 4.07. The first-order chi connectivity index (χ1) is 36.6. The number of hydrogen-bond donors (Lipinski definition) is 3. The molecule has 0 aliphatic rings. The van der Waals surface area contributed by atoms with Crippen molar-refractivity contribution in [3.8, 4) is 68.3 Å². The fourth-order valence-corrected chi connectivity index (χ4v) is 11.6. The second-order valence-electron chi connectivity index (χ2n) is 20.5. The van der Waals surface area contributed by atoms with Crippen molar-refractivity contribution in [2.75, 3.05) is 0 Å². The summed E-state index contributed by atoms with van der Waals surface area (Å²) in [5, 5.41) is 4.00. The molecular weight excluding hydrogens is 1030 g/mol. The second kappa shape index (κ2) is 20.3. The molecule has 0 spiro atoms. The number of hydrogen-bond acceptors (Lipinski definition) is 12. The summed E-state index contributed by atoms with van der Waals surface area (Å²) < 4.78 is 34.6. The molecule has 0 aliphatic heterocycles. The van der Waals surface area contributed by atoms with Crippen LogP contribution >= 0.6 is 34.0 Å². The number of benzene rings is 3. The molecule has 9 aromatic heterocycles. The molecule has 15 nitrogen and oxygen atoms in total. The molecule has 20 heteroatoms. The van der Waals surface area contributed by atoms with Crippen molar-refractivity contribution >= 4 is 64.7 Å². The molecule has 0 atom stereocenters. The van der Waals surface area contributed by atoms with Gasteiger partial charge in [-0.1, -0.05) is 90.1 Å². The molecule has 0 saturated heterocycles. The minimum absolute atomic E-state index is 0.107. The van der Waals surface area contributed by atoms with E-state index in [-0.39, 0.29) is 33.1 Å². The van der Waals surface area contributed by atoms with Crippen molar-refractivity contribution in [1.82, 2.24) is 58.6 Å². The Bertz CT molecular complexity index is 4160. The average Bonchev–Trinajstić information content (AvgIpc) is 4.33. The fraction of sp³-hybridized carbons (Fsp3) is 0.211. The zero-order valence-corrected chi connectivity index (χ0v) is 46.1. The van der Waals surface area contributed by atoms with Crippen LogP contribution in [0.1, 0.15) is 57.5 Å². The summed E-state index contributed by atoms with van der Waals surface area (Å²) in [6.45, 7) is 15.0. The first kappa shape index (κ1) is 52.1. The molecular formula is C57H52F2N12O3S3. The van der Waals surface area contributed by atoms with Gasteiger partial charge < -0.3 is 28.7 Å². The molecule has 12 rings (SSSR count). The Morgan fingerprint density at radius 1 is 0.506 bits per heavy atom. The van der Waals surface area contributed by atoms with Gasteiger partial charge in [-0.2, -0.15) is 0 Å². The number of thiophene rings is 3. The number of nitrogens with one attached hydrogen (secondary N) is 3. The minimum atomic E-state index is -0.691.